The Balaban J connectivity index is 2.16. The van der Waals surface area contributed by atoms with Crippen LogP contribution in [0.3, 0.4) is 0 Å². The highest BCUT2D eigenvalue weighted by Gasteiger charge is 2.25. The first-order valence-electron chi connectivity index (χ1n) is 6.58. The van der Waals surface area contributed by atoms with Crippen molar-refractivity contribution < 1.29 is 24.2 Å². The van der Waals surface area contributed by atoms with Crippen molar-refractivity contribution in [1.82, 2.24) is 0 Å². The van der Waals surface area contributed by atoms with E-state index in [0.717, 1.165) is 12.1 Å². The van der Waals surface area contributed by atoms with Crippen molar-refractivity contribution in [2.75, 3.05) is 6.61 Å². The fourth-order valence-electron chi connectivity index (χ4n) is 1.87. The fraction of sp³-hybridized carbons (Fsp3) is 0.0667. The minimum atomic E-state index is -1.11. The molecule has 0 saturated carbocycles. The number of ether oxygens (including phenoxy) is 1. The lowest BCUT2D eigenvalue weighted by molar-refractivity contribution is -0.394. The van der Waals surface area contributed by atoms with Gasteiger partial charge in [0.05, 0.1) is 15.9 Å². The Morgan fingerprint density at radius 2 is 1.62 bits per heavy atom. The number of nitrogens with zero attached hydrogens (tertiary/aromatic N) is 2. The minimum Gasteiger partial charge on any atom is -0.454 e. The van der Waals surface area contributed by atoms with Crippen molar-refractivity contribution in [2.24, 2.45) is 0 Å². The van der Waals surface area contributed by atoms with Gasteiger partial charge in [-0.1, -0.05) is 30.3 Å². The smallest absolute Gasteiger partial charge is 0.345 e. The molecule has 0 heterocycles. The van der Waals surface area contributed by atoms with Gasteiger partial charge >= 0.3 is 5.97 Å². The van der Waals surface area contributed by atoms with E-state index in [1.54, 1.807) is 18.2 Å². The van der Waals surface area contributed by atoms with E-state index in [-0.39, 0.29) is 0 Å². The van der Waals surface area contributed by atoms with E-state index in [2.05, 4.69) is 0 Å². The van der Waals surface area contributed by atoms with Crippen molar-refractivity contribution >= 4 is 23.1 Å². The average Bonchev–Trinajstić information content (AvgIpc) is 2.59. The topological polar surface area (TPSA) is 130 Å². The Bertz CT molecular complexity index is 818. The molecule has 0 aliphatic heterocycles. The number of carbonyl (C=O) groups is 2. The minimum absolute atomic E-state index is 0.323. The molecule has 0 amide bonds. The lowest BCUT2D eigenvalue weighted by Gasteiger charge is -2.05. The van der Waals surface area contributed by atoms with Gasteiger partial charge in [-0.05, 0) is 6.07 Å². The lowest BCUT2D eigenvalue weighted by atomic mass is 10.1. The number of ketones is 1. The molecule has 0 aliphatic rings. The largest absolute Gasteiger partial charge is 0.454 e. The SMILES string of the molecule is O=C(COC(=O)c1ccc([N+](=O)[O-])cc1[N+](=O)[O-])c1ccccc1. The van der Waals surface area contributed by atoms with E-state index < -0.39 is 45.1 Å². The predicted octanol–water partition coefficient (Wildman–Crippen LogP) is 2.54. The summed E-state index contributed by atoms with van der Waals surface area (Å²) >= 11 is 0. The second-order valence-electron chi connectivity index (χ2n) is 4.58. The summed E-state index contributed by atoms with van der Waals surface area (Å²) < 4.78 is 4.77. The van der Waals surface area contributed by atoms with E-state index in [4.69, 9.17) is 4.74 Å². The molecule has 24 heavy (non-hydrogen) atoms. The third kappa shape index (κ3) is 3.77. The molecule has 2 aromatic rings. The third-order valence-corrected chi connectivity index (χ3v) is 3.04. The van der Waals surface area contributed by atoms with Crippen LogP contribution in [0.15, 0.2) is 48.5 Å². The molecule has 0 aromatic heterocycles. The summed E-state index contributed by atoms with van der Waals surface area (Å²) in [4.78, 5) is 43.7. The van der Waals surface area contributed by atoms with Gasteiger partial charge in [0.25, 0.3) is 11.4 Å². The number of esters is 1. The van der Waals surface area contributed by atoms with Gasteiger partial charge < -0.3 is 4.74 Å². The zero-order valence-corrected chi connectivity index (χ0v) is 12.1. The van der Waals surface area contributed by atoms with Crippen molar-refractivity contribution in [3.8, 4) is 0 Å². The first-order chi connectivity index (χ1) is 11.4. The Morgan fingerprint density at radius 1 is 0.958 bits per heavy atom. The van der Waals surface area contributed by atoms with E-state index >= 15 is 0 Å². The first-order valence-corrected chi connectivity index (χ1v) is 6.58. The Hall–Kier alpha value is -3.62. The molecule has 2 aromatic carbocycles. The van der Waals surface area contributed by atoms with Gasteiger partial charge in [-0.15, -0.1) is 0 Å². The van der Waals surface area contributed by atoms with Crippen molar-refractivity contribution in [3.63, 3.8) is 0 Å². The van der Waals surface area contributed by atoms with Gasteiger partial charge in [-0.3, -0.25) is 25.0 Å². The molecule has 0 aliphatic carbocycles. The van der Waals surface area contributed by atoms with Crippen LogP contribution in [-0.4, -0.2) is 28.2 Å². The molecule has 0 spiro atoms. The van der Waals surface area contributed by atoms with Crippen LogP contribution in [0, 0.1) is 20.2 Å². The number of benzene rings is 2. The standard InChI is InChI=1S/C15H10N2O7/c18-14(10-4-2-1-3-5-10)9-24-15(19)12-7-6-11(16(20)21)8-13(12)17(22)23/h1-8H,9H2. The Kier molecular flexibility index (Phi) is 4.95. The van der Waals surface area contributed by atoms with E-state index in [9.17, 15) is 29.8 Å². The van der Waals surface area contributed by atoms with Crippen LogP contribution in [0.2, 0.25) is 0 Å². The highest BCUT2D eigenvalue weighted by Crippen LogP contribution is 2.25. The maximum Gasteiger partial charge on any atom is 0.345 e. The van der Waals surface area contributed by atoms with E-state index in [1.807, 2.05) is 0 Å². The molecule has 0 saturated heterocycles. The summed E-state index contributed by atoms with van der Waals surface area (Å²) in [5.74, 6) is -1.59. The number of nitro groups is 2. The maximum atomic E-state index is 11.9. The number of nitro benzene ring substituents is 2. The number of rotatable bonds is 6. The number of Topliss-reactive ketones (excluding diaryl/α,β-unsaturated/α-hetero) is 1. The highest BCUT2D eigenvalue weighted by molar-refractivity contribution is 6.00. The van der Waals surface area contributed by atoms with Crippen LogP contribution in [-0.2, 0) is 4.74 Å². The Morgan fingerprint density at radius 3 is 2.21 bits per heavy atom. The molecule has 0 radical (unpaired) electrons. The molecule has 9 nitrogen and oxygen atoms in total. The number of hydrogen-bond acceptors (Lipinski definition) is 7. The van der Waals surface area contributed by atoms with Gasteiger partial charge in [0.1, 0.15) is 5.56 Å². The summed E-state index contributed by atoms with van der Waals surface area (Å²) in [6.45, 7) is -0.600. The van der Waals surface area contributed by atoms with Gasteiger partial charge in [0, 0.05) is 11.6 Å². The molecule has 0 bridgehead atoms. The highest BCUT2D eigenvalue weighted by atomic mass is 16.6. The van der Waals surface area contributed by atoms with Crippen LogP contribution < -0.4 is 0 Å². The molecular formula is C15H10N2O7. The molecule has 122 valence electrons. The molecular weight excluding hydrogens is 320 g/mol. The van der Waals surface area contributed by atoms with Crippen LogP contribution >= 0.6 is 0 Å². The summed E-state index contributed by atoms with van der Waals surface area (Å²) in [5.41, 5.74) is -1.44. The zero-order chi connectivity index (χ0) is 17.7. The number of hydrogen-bond donors (Lipinski definition) is 0. The summed E-state index contributed by atoms with van der Waals surface area (Å²) in [5, 5.41) is 21.6. The number of carbonyl (C=O) groups excluding carboxylic acids is 2. The van der Waals surface area contributed by atoms with Crippen LogP contribution in [0.5, 0.6) is 0 Å². The molecule has 0 N–H and O–H groups in total. The van der Waals surface area contributed by atoms with Crippen LogP contribution in [0.1, 0.15) is 20.7 Å². The molecule has 0 unspecified atom stereocenters. The molecule has 0 fully saturated rings. The summed E-state index contributed by atoms with van der Waals surface area (Å²) in [7, 11) is 0. The second kappa shape index (κ2) is 7.09. The quantitative estimate of drug-likeness (QED) is 0.344. The van der Waals surface area contributed by atoms with E-state index in [1.165, 1.54) is 12.1 Å². The monoisotopic (exact) mass is 330 g/mol. The third-order valence-electron chi connectivity index (χ3n) is 3.04. The maximum absolute atomic E-state index is 11.9. The Labute approximate surface area is 134 Å². The number of non-ortho nitro benzene ring substituents is 1. The van der Waals surface area contributed by atoms with Gasteiger partial charge in [0.15, 0.2) is 12.4 Å². The van der Waals surface area contributed by atoms with Gasteiger partial charge in [-0.25, -0.2) is 4.79 Å². The summed E-state index contributed by atoms with van der Waals surface area (Å²) in [6, 6.07) is 10.6. The predicted molar refractivity (Wildman–Crippen MR) is 80.8 cm³/mol. The summed E-state index contributed by atoms with van der Waals surface area (Å²) in [6.07, 6.45) is 0. The van der Waals surface area contributed by atoms with Crippen molar-refractivity contribution in [2.45, 2.75) is 0 Å². The first kappa shape index (κ1) is 16.7. The van der Waals surface area contributed by atoms with Crippen LogP contribution in [0.4, 0.5) is 11.4 Å². The molecule has 9 heteroatoms. The molecule has 0 atom stereocenters. The zero-order valence-electron chi connectivity index (χ0n) is 12.1. The van der Waals surface area contributed by atoms with Gasteiger partial charge in [0.2, 0.25) is 0 Å². The normalized spacial score (nSPS) is 10.0. The molecule has 2 rings (SSSR count). The lowest BCUT2D eigenvalue weighted by Crippen LogP contribution is -2.15. The van der Waals surface area contributed by atoms with E-state index in [0.29, 0.717) is 11.6 Å². The second-order valence-corrected chi connectivity index (χ2v) is 4.58. The van der Waals surface area contributed by atoms with Crippen molar-refractivity contribution in [3.05, 3.63) is 79.9 Å². The van der Waals surface area contributed by atoms with Gasteiger partial charge in [-0.2, -0.15) is 0 Å². The average molecular weight is 330 g/mol. The fourth-order valence-corrected chi connectivity index (χ4v) is 1.87. The van der Waals surface area contributed by atoms with Crippen molar-refractivity contribution in [1.29, 1.82) is 0 Å². The van der Waals surface area contributed by atoms with Crippen LogP contribution in [0.25, 0.3) is 0 Å².